The van der Waals surface area contributed by atoms with Crippen molar-refractivity contribution in [1.29, 1.82) is 0 Å². The van der Waals surface area contributed by atoms with Crippen molar-refractivity contribution in [3.05, 3.63) is 71.8 Å². The van der Waals surface area contributed by atoms with Gasteiger partial charge in [-0.1, -0.05) is 48.5 Å². The molecular formula is C19H19NO5. The van der Waals surface area contributed by atoms with Gasteiger partial charge in [0.2, 0.25) is 0 Å². The maximum atomic E-state index is 12.2. The second-order valence-corrected chi connectivity index (χ2v) is 5.85. The highest BCUT2D eigenvalue weighted by Gasteiger charge is 2.40. The first kappa shape index (κ1) is 17.1. The first-order valence-electron chi connectivity index (χ1n) is 8.06. The number of carboxylic acids is 1. The van der Waals surface area contributed by atoms with Gasteiger partial charge in [0.15, 0.2) is 0 Å². The molecule has 3 rings (SSSR count). The molecule has 0 amide bonds. The van der Waals surface area contributed by atoms with E-state index in [1.54, 1.807) is 30.3 Å². The van der Waals surface area contributed by atoms with Crippen LogP contribution >= 0.6 is 0 Å². The molecule has 1 N–H and O–H groups in total. The SMILES string of the molecule is O=C(ON1C[C@@H](OCc2ccccc2)C[C@@H]1C(=O)O)c1ccccc1. The van der Waals surface area contributed by atoms with Crippen LogP contribution in [-0.2, 0) is 21.0 Å². The van der Waals surface area contributed by atoms with Gasteiger partial charge in [-0.3, -0.25) is 4.79 Å². The zero-order valence-corrected chi connectivity index (χ0v) is 13.6. The molecule has 0 unspecified atom stereocenters. The number of carboxylic acid groups (broad SMARTS) is 1. The summed E-state index contributed by atoms with van der Waals surface area (Å²) in [6.45, 7) is 0.612. The van der Waals surface area contributed by atoms with Crippen LogP contribution in [0.2, 0.25) is 0 Å². The minimum absolute atomic E-state index is 0.225. The zero-order chi connectivity index (χ0) is 17.6. The molecule has 1 saturated heterocycles. The molecule has 1 aliphatic heterocycles. The van der Waals surface area contributed by atoms with Crippen molar-refractivity contribution in [3.8, 4) is 0 Å². The largest absolute Gasteiger partial charge is 0.480 e. The number of carbonyl (C=O) groups is 2. The third kappa shape index (κ3) is 4.43. The molecular weight excluding hydrogens is 322 g/mol. The Morgan fingerprint density at radius 3 is 2.32 bits per heavy atom. The Labute approximate surface area is 145 Å². The van der Waals surface area contributed by atoms with Crippen LogP contribution in [0.1, 0.15) is 22.3 Å². The fourth-order valence-corrected chi connectivity index (χ4v) is 2.74. The number of hydrogen-bond acceptors (Lipinski definition) is 5. The average Bonchev–Trinajstić information content (AvgIpc) is 3.04. The number of hydrogen-bond donors (Lipinski definition) is 1. The Bertz CT molecular complexity index is 719. The van der Waals surface area contributed by atoms with Crippen LogP contribution in [0.3, 0.4) is 0 Å². The Morgan fingerprint density at radius 1 is 1.04 bits per heavy atom. The summed E-state index contributed by atoms with van der Waals surface area (Å²) in [6.07, 6.45) is -0.0468. The number of benzene rings is 2. The number of nitrogens with zero attached hydrogens (tertiary/aromatic N) is 1. The van der Waals surface area contributed by atoms with Gasteiger partial charge >= 0.3 is 11.9 Å². The molecule has 6 heteroatoms. The molecule has 6 nitrogen and oxygen atoms in total. The van der Waals surface area contributed by atoms with Crippen LogP contribution in [0.15, 0.2) is 60.7 Å². The smallest absolute Gasteiger partial charge is 0.357 e. The summed E-state index contributed by atoms with van der Waals surface area (Å²) in [7, 11) is 0. The van der Waals surface area contributed by atoms with Gasteiger partial charge in [-0.05, 0) is 17.7 Å². The summed E-state index contributed by atoms with van der Waals surface area (Å²) in [5.41, 5.74) is 1.38. The van der Waals surface area contributed by atoms with Crippen LogP contribution in [0.25, 0.3) is 0 Å². The standard InChI is InChI=1S/C19H19NO5/c21-18(22)17-11-16(24-13-14-7-3-1-4-8-14)12-20(17)25-19(23)15-9-5-2-6-10-15/h1-10,16-17H,11-13H2,(H,21,22)/t16-,17+/m0/s1. The second kappa shape index (κ2) is 7.92. The molecule has 0 spiro atoms. The summed E-state index contributed by atoms with van der Waals surface area (Å²) in [5.74, 6) is -1.61. The van der Waals surface area contributed by atoms with Crippen LogP contribution in [0, 0.1) is 0 Å². The van der Waals surface area contributed by atoms with Gasteiger partial charge in [-0.2, -0.15) is 0 Å². The van der Waals surface area contributed by atoms with Crippen molar-refractivity contribution in [1.82, 2.24) is 5.06 Å². The fraction of sp³-hybridized carbons (Fsp3) is 0.263. The maximum absolute atomic E-state index is 12.2. The van der Waals surface area contributed by atoms with Gasteiger partial charge in [0.05, 0.1) is 24.8 Å². The average molecular weight is 341 g/mol. The fourth-order valence-electron chi connectivity index (χ4n) is 2.74. The molecule has 2 aromatic carbocycles. The van der Waals surface area contributed by atoms with Gasteiger partial charge in [0.1, 0.15) is 6.04 Å². The number of ether oxygens (including phenoxy) is 1. The summed E-state index contributed by atoms with van der Waals surface area (Å²) in [6, 6.07) is 17.2. The Kier molecular flexibility index (Phi) is 5.42. The number of aliphatic carboxylic acids is 1. The van der Waals surface area contributed by atoms with Crippen molar-refractivity contribution in [2.24, 2.45) is 0 Å². The van der Waals surface area contributed by atoms with E-state index in [1.165, 1.54) is 5.06 Å². The minimum atomic E-state index is -1.04. The predicted octanol–water partition coefficient (Wildman–Crippen LogP) is 2.50. The number of carbonyl (C=O) groups excluding carboxylic acids is 1. The zero-order valence-electron chi connectivity index (χ0n) is 13.6. The van der Waals surface area contributed by atoms with Gasteiger partial charge in [0.25, 0.3) is 0 Å². The van der Waals surface area contributed by atoms with E-state index in [4.69, 9.17) is 9.57 Å². The number of hydroxylamine groups is 2. The first-order chi connectivity index (χ1) is 12.1. The summed E-state index contributed by atoms with van der Waals surface area (Å²) in [4.78, 5) is 28.9. The van der Waals surface area contributed by atoms with Gasteiger partial charge in [0, 0.05) is 6.42 Å². The highest BCUT2D eigenvalue weighted by atomic mass is 16.7. The monoisotopic (exact) mass is 341 g/mol. The van der Waals surface area contributed by atoms with Crippen LogP contribution in [0.5, 0.6) is 0 Å². The van der Waals surface area contributed by atoms with Crippen molar-refractivity contribution >= 4 is 11.9 Å². The van der Waals surface area contributed by atoms with E-state index >= 15 is 0 Å². The van der Waals surface area contributed by atoms with E-state index < -0.39 is 18.0 Å². The van der Waals surface area contributed by atoms with Crippen LogP contribution < -0.4 is 0 Å². The highest BCUT2D eigenvalue weighted by molar-refractivity contribution is 5.89. The van der Waals surface area contributed by atoms with Crippen molar-refractivity contribution < 1.29 is 24.3 Å². The predicted molar refractivity (Wildman–Crippen MR) is 89.6 cm³/mol. The molecule has 2 atom stereocenters. The molecule has 0 saturated carbocycles. The molecule has 0 aliphatic carbocycles. The Morgan fingerprint density at radius 2 is 1.68 bits per heavy atom. The molecule has 2 aromatic rings. The van der Waals surface area contributed by atoms with E-state index in [9.17, 15) is 14.7 Å². The molecule has 130 valence electrons. The van der Waals surface area contributed by atoms with E-state index in [2.05, 4.69) is 0 Å². The van der Waals surface area contributed by atoms with Crippen LogP contribution in [0.4, 0.5) is 0 Å². The first-order valence-corrected chi connectivity index (χ1v) is 8.06. The molecule has 1 heterocycles. The van der Waals surface area contributed by atoms with Crippen molar-refractivity contribution in [3.63, 3.8) is 0 Å². The van der Waals surface area contributed by atoms with Crippen molar-refractivity contribution in [2.75, 3.05) is 6.54 Å². The lowest BCUT2D eigenvalue weighted by Crippen LogP contribution is -2.37. The van der Waals surface area contributed by atoms with E-state index in [1.807, 2.05) is 30.3 Å². The molecule has 1 aliphatic rings. The maximum Gasteiger partial charge on any atom is 0.357 e. The van der Waals surface area contributed by atoms with Crippen LogP contribution in [-0.4, -0.2) is 40.8 Å². The van der Waals surface area contributed by atoms with Crippen molar-refractivity contribution in [2.45, 2.75) is 25.2 Å². The lowest BCUT2D eigenvalue weighted by molar-refractivity contribution is -0.163. The lowest BCUT2D eigenvalue weighted by Gasteiger charge is -2.19. The van der Waals surface area contributed by atoms with Gasteiger partial charge in [-0.15, -0.1) is 5.06 Å². The van der Waals surface area contributed by atoms with Gasteiger partial charge < -0.3 is 14.7 Å². The van der Waals surface area contributed by atoms with E-state index in [0.29, 0.717) is 12.2 Å². The summed E-state index contributed by atoms with van der Waals surface area (Å²) in [5, 5.41) is 10.6. The molecule has 1 fully saturated rings. The Hall–Kier alpha value is -2.70. The second-order valence-electron chi connectivity index (χ2n) is 5.85. The third-order valence-electron chi connectivity index (χ3n) is 4.04. The van der Waals surface area contributed by atoms with Gasteiger partial charge in [-0.25, -0.2) is 4.79 Å². The summed E-state index contributed by atoms with van der Waals surface area (Å²) < 4.78 is 5.79. The molecule has 0 bridgehead atoms. The quantitative estimate of drug-likeness (QED) is 0.870. The third-order valence-corrected chi connectivity index (χ3v) is 4.04. The highest BCUT2D eigenvalue weighted by Crippen LogP contribution is 2.23. The van der Waals surface area contributed by atoms with E-state index in [-0.39, 0.29) is 19.1 Å². The molecule has 0 aromatic heterocycles. The number of rotatable bonds is 6. The normalized spacial score (nSPS) is 20.3. The molecule has 25 heavy (non-hydrogen) atoms. The summed E-state index contributed by atoms with van der Waals surface area (Å²) >= 11 is 0. The lowest BCUT2D eigenvalue weighted by atomic mass is 10.2. The Balaban J connectivity index is 1.60. The van der Waals surface area contributed by atoms with E-state index in [0.717, 1.165) is 5.56 Å². The molecule has 0 radical (unpaired) electrons. The minimum Gasteiger partial charge on any atom is -0.480 e. The topological polar surface area (TPSA) is 76.1 Å².